The molecule has 0 radical (unpaired) electrons. The molecule has 0 unspecified atom stereocenters. The van der Waals surface area contributed by atoms with Crippen LogP contribution in [0.3, 0.4) is 0 Å². The van der Waals surface area contributed by atoms with E-state index in [9.17, 15) is 38.7 Å². The Balaban J connectivity index is 1.22. The Morgan fingerprint density at radius 1 is 0.836 bits per heavy atom. The van der Waals surface area contributed by atoms with Crippen LogP contribution in [0, 0.1) is 5.92 Å². The van der Waals surface area contributed by atoms with E-state index in [1.165, 1.54) is 11.8 Å². The van der Waals surface area contributed by atoms with E-state index in [0.717, 1.165) is 22.3 Å². The highest BCUT2D eigenvalue weighted by Gasteiger charge is 2.36. The summed E-state index contributed by atoms with van der Waals surface area (Å²) in [6.07, 6.45) is 1.67. The van der Waals surface area contributed by atoms with Crippen molar-refractivity contribution in [1.82, 2.24) is 31.5 Å². The molecule has 2 aromatic carbocycles. The predicted molar refractivity (Wildman–Crippen MR) is 202 cm³/mol. The lowest BCUT2D eigenvalue weighted by molar-refractivity contribution is -0.144. The molecule has 0 saturated carbocycles. The first-order valence-corrected chi connectivity index (χ1v) is 18.8. The van der Waals surface area contributed by atoms with Gasteiger partial charge in [0.25, 0.3) is 0 Å². The van der Waals surface area contributed by atoms with Gasteiger partial charge in [-0.15, -0.1) is 0 Å². The number of hydrogen-bond acceptors (Lipinski definition) is 9. The van der Waals surface area contributed by atoms with Gasteiger partial charge in [-0.2, -0.15) is 0 Å². The molecule has 16 nitrogen and oxygen atoms in total. The summed E-state index contributed by atoms with van der Waals surface area (Å²) in [6.45, 7) is 4.98. The minimum absolute atomic E-state index is 0.0183. The molecule has 6 amide bonds. The molecule has 298 valence electrons. The zero-order valence-electron chi connectivity index (χ0n) is 31.6. The molecule has 0 spiro atoms. The number of nitrogens with zero attached hydrogens (tertiary/aromatic N) is 1. The molecule has 4 atom stereocenters. The third kappa shape index (κ3) is 11.7. The second-order valence-corrected chi connectivity index (χ2v) is 14.3. The summed E-state index contributed by atoms with van der Waals surface area (Å²) in [4.78, 5) is 90.5. The van der Waals surface area contributed by atoms with Gasteiger partial charge in [-0.05, 0) is 80.2 Å². The Hall–Kier alpha value is -5.51. The topological polar surface area (TPSA) is 238 Å². The monoisotopic (exact) mass is 763 g/mol. The molecule has 1 heterocycles. The number of benzene rings is 2. The van der Waals surface area contributed by atoms with E-state index < -0.39 is 78.9 Å². The highest BCUT2D eigenvalue weighted by Crippen LogP contribution is 2.44. The van der Waals surface area contributed by atoms with Crippen LogP contribution in [0.15, 0.2) is 48.5 Å². The molecule has 0 bridgehead atoms. The Bertz CT molecular complexity index is 1670. The summed E-state index contributed by atoms with van der Waals surface area (Å²) < 4.78 is 5.49. The number of unbranched alkanes of at least 4 members (excludes halogenated alkanes) is 1. The smallest absolute Gasteiger partial charge is 0.407 e. The molecule has 1 saturated heterocycles. The van der Waals surface area contributed by atoms with Gasteiger partial charge in [0.05, 0.1) is 6.54 Å². The number of nitrogens with two attached hydrogens (primary N) is 1. The maximum atomic E-state index is 13.2. The third-order valence-corrected chi connectivity index (χ3v) is 9.70. The number of carboxylic acids is 1. The first kappa shape index (κ1) is 42.2. The van der Waals surface area contributed by atoms with E-state index in [0.29, 0.717) is 32.2 Å². The maximum Gasteiger partial charge on any atom is 0.407 e. The van der Waals surface area contributed by atoms with Crippen LogP contribution in [-0.4, -0.2) is 109 Å². The van der Waals surface area contributed by atoms with Crippen LogP contribution < -0.4 is 32.3 Å². The van der Waals surface area contributed by atoms with E-state index in [4.69, 9.17) is 10.5 Å². The van der Waals surface area contributed by atoms with Crippen molar-refractivity contribution in [3.8, 4) is 11.1 Å². The molecule has 16 heteroatoms. The largest absolute Gasteiger partial charge is 0.480 e. The van der Waals surface area contributed by atoms with Crippen LogP contribution in [0.1, 0.15) is 76.3 Å². The number of carbonyl (C=O) groups is 7. The molecular weight excluding hydrogens is 710 g/mol. The molecule has 1 fully saturated rings. The van der Waals surface area contributed by atoms with Crippen LogP contribution in [-0.2, 0) is 33.5 Å². The van der Waals surface area contributed by atoms with E-state index in [2.05, 4.69) is 26.6 Å². The second kappa shape index (κ2) is 20.2. The van der Waals surface area contributed by atoms with Gasteiger partial charge in [-0.3, -0.25) is 24.0 Å². The summed E-state index contributed by atoms with van der Waals surface area (Å²) in [6, 6.07) is 11.7. The van der Waals surface area contributed by atoms with Gasteiger partial charge >= 0.3 is 12.1 Å². The highest BCUT2D eigenvalue weighted by atomic mass is 16.5. The number of carbonyl (C=O) groups excluding carboxylic acids is 6. The van der Waals surface area contributed by atoms with Crippen molar-refractivity contribution >= 4 is 41.6 Å². The summed E-state index contributed by atoms with van der Waals surface area (Å²) in [5.41, 5.74) is 9.75. The fourth-order valence-electron chi connectivity index (χ4n) is 6.90. The number of amides is 6. The SMILES string of the molecule is CC(C)C[C@H](NC(=O)CNC(=O)OCC1c2ccccc2-c2ccccc21)C(=O)N[C@@H](C)C(=O)NCC(=O)N1CCC[C@H]1C(=O)N[C@@H](CCCCN)C(=O)O. The highest BCUT2D eigenvalue weighted by molar-refractivity contribution is 5.95. The molecule has 1 aliphatic heterocycles. The first-order valence-electron chi connectivity index (χ1n) is 18.8. The van der Waals surface area contributed by atoms with Crippen LogP contribution in [0.4, 0.5) is 4.79 Å². The number of nitrogens with one attached hydrogen (secondary N) is 5. The molecule has 2 aromatic rings. The van der Waals surface area contributed by atoms with Crippen LogP contribution in [0.5, 0.6) is 0 Å². The third-order valence-electron chi connectivity index (χ3n) is 9.70. The van der Waals surface area contributed by atoms with Gasteiger partial charge in [-0.1, -0.05) is 62.4 Å². The van der Waals surface area contributed by atoms with Crippen molar-refractivity contribution in [1.29, 1.82) is 0 Å². The fourth-order valence-corrected chi connectivity index (χ4v) is 6.90. The number of alkyl carbamates (subject to hydrolysis) is 1. The average molecular weight is 764 g/mol. The van der Waals surface area contributed by atoms with Gasteiger partial charge in [-0.25, -0.2) is 9.59 Å². The number of fused-ring (bicyclic) bond motifs is 3. The average Bonchev–Trinajstić information content (AvgIpc) is 3.78. The van der Waals surface area contributed by atoms with E-state index >= 15 is 0 Å². The normalized spacial score (nSPS) is 16.2. The van der Waals surface area contributed by atoms with Gasteiger partial charge in [0.1, 0.15) is 37.3 Å². The Labute approximate surface area is 320 Å². The van der Waals surface area contributed by atoms with Crippen LogP contribution in [0.25, 0.3) is 11.1 Å². The molecular formula is C39H53N7O9. The lowest BCUT2D eigenvalue weighted by Crippen LogP contribution is -2.55. The zero-order valence-corrected chi connectivity index (χ0v) is 31.6. The van der Waals surface area contributed by atoms with E-state index in [1.54, 1.807) is 0 Å². The quantitative estimate of drug-likeness (QED) is 0.101. The van der Waals surface area contributed by atoms with E-state index in [1.807, 2.05) is 62.4 Å². The lowest BCUT2D eigenvalue weighted by atomic mass is 9.98. The molecule has 2 aliphatic rings. The summed E-state index contributed by atoms with van der Waals surface area (Å²) in [5.74, 6) is -4.39. The number of ether oxygens (including phenoxy) is 1. The Morgan fingerprint density at radius 3 is 2.11 bits per heavy atom. The van der Waals surface area contributed by atoms with Gasteiger partial charge in [0, 0.05) is 12.5 Å². The second-order valence-electron chi connectivity index (χ2n) is 14.3. The molecule has 4 rings (SSSR count). The first-order chi connectivity index (χ1) is 26.3. The molecule has 0 aromatic heterocycles. The van der Waals surface area contributed by atoms with Crippen molar-refractivity contribution in [3.63, 3.8) is 0 Å². The van der Waals surface area contributed by atoms with Crippen molar-refractivity contribution < 1.29 is 43.4 Å². The van der Waals surface area contributed by atoms with Crippen molar-refractivity contribution in [3.05, 3.63) is 59.7 Å². The standard InChI is InChI=1S/C39H53N7O9/c1-23(2)19-31(44-33(47)20-42-39(54)55-22-29-27-13-6-4-11-25(27)26-12-5-7-14-28(26)29)36(50)43-24(3)35(49)41-21-34(48)46-18-10-16-32(46)37(51)45-30(38(52)53)15-8-9-17-40/h4-7,11-14,23-24,29-32H,8-10,15-22,40H2,1-3H3,(H,41,49)(H,42,54)(H,43,50)(H,44,47)(H,45,51)(H,52,53)/t24-,30-,31-,32-/m0/s1. The number of hydrogen-bond donors (Lipinski definition) is 7. The number of aliphatic carboxylic acids is 1. The van der Waals surface area contributed by atoms with Gasteiger partial charge in [0.2, 0.25) is 29.5 Å². The lowest BCUT2D eigenvalue weighted by Gasteiger charge is -2.26. The molecule has 55 heavy (non-hydrogen) atoms. The summed E-state index contributed by atoms with van der Waals surface area (Å²) >= 11 is 0. The van der Waals surface area contributed by atoms with Gasteiger partial charge < -0.3 is 47.1 Å². The van der Waals surface area contributed by atoms with Crippen LogP contribution in [0.2, 0.25) is 0 Å². The maximum absolute atomic E-state index is 13.2. The minimum atomic E-state index is -1.18. The number of likely N-dealkylation sites (tertiary alicyclic amines) is 1. The van der Waals surface area contributed by atoms with Crippen molar-refractivity contribution in [2.45, 2.75) is 89.4 Å². The predicted octanol–water partition coefficient (Wildman–Crippen LogP) is 1.37. The van der Waals surface area contributed by atoms with Crippen molar-refractivity contribution in [2.24, 2.45) is 11.7 Å². The summed E-state index contributed by atoms with van der Waals surface area (Å²) in [5, 5.41) is 22.1. The molecule has 8 N–H and O–H groups in total. The molecule has 1 aliphatic carbocycles. The Kier molecular flexibility index (Phi) is 15.5. The number of rotatable bonds is 19. The van der Waals surface area contributed by atoms with Crippen molar-refractivity contribution in [2.75, 3.05) is 32.8 Å². The zero-order chi connectivity index (χ0) is 40.1. The Morgan fingerprint density at radius 2 is 1.49 bits per heavy atom. The van der Waals surface area contributed by atoms with E-state index in [-0.39, 0.29) is 37.8 Å². The van der Waals surface area contributed by atoms with Crippen LogP contribution >= 0.6 is 0 Å². The fraction of sp³-hybridized carbons (Fsp3) is 0.513. The number of carboxylic acid groups (broad SMARTS) is 1. The summed E-state index contributed by atoms with van der Waals surface area (Å²) in [7, 11) is 0. The minimum Gasteiger partial charge on any atom is -0.480 e. The van der Waals surface area contributed by atoms with Gasteiger partial charge in [0.15, 0.2) is 0 Å².